The van der Waals surface area contributed by atoms with Crippen LogP contribution in [0.5, 0.6) is 0 Å². The Labute approximate surface area is 112 Å². The number of carbonyl (C=O) groups is 2. The molecule has 1 aromatic carbocycles. The third kappa shape index (κ3) is 5.16. The van der Waals surface area contributed by atoms with Crippen LogP contribution in [-0.4, -0.2) is 24.4 Å². The Hall–Kier alpha value is -1.59. The molecule has 1 aromatic rings. The third-order valence-electron chi connectivity index (χ3n) is 2.29. The van der Waals surface area contributed by atoms with E-state index in [4.69, 9.17) is 11.5 Å². The number of hydrogen-bond donors (Lipinski definition) is 3. The van der Waals surface area contributed by atoms with Crippen molar-refractivity contribution in [2.24, 2.45) is 11.5 Å². The van der Waals surface area contributed by atoms with Crippen molar-refractivity contribution in [1.82, 2.24) is 5.32 Å². The average molecular weight is 272 g/mol. The first kappa shape index (κ1) is 16.4. The van der Waals surface area contributed by atoms with Crippen molar-refractivity contribution in [3.8, 4) is 0 Å². The minimum atomic E-state index is -0.546. The fraction of sp³-hybridized carbons (Fsp3) is 0.333. The minimum absolute atomic E-state index is 0. The van der Waals surface area contributed by atoms with E-state index in [1.54, 1.807) is 18.2 Å². The Morgan fingerprint density at radius 2 is 1.94 bits per heavy atom. The van der Waals surface area contributed by atoms with Crippen LogP contribution in [0, 0.1) is 0 Å². The molecular formula is C12H18ClN3O2. The van der Waals surface area contributed by atoms with Crippen molar-refractivity contribution >= 4 is 24.2 Å². The second-order valence-electron chi connectivity index (χ2n) is 3.97. The smallest absolute Gasteiger partial charge is 0.251 e. The molecule has 100 valence electrons. The van der Waals surface area contributed by atoms with Gasteiger partial charge in [0.2, 0.25) is 5.91 Å². The van der Waals surface area contributed by atoms with Crippen LogP contribution in [0.3, 0.4) is 0 Å². The number of benzene rings is 1. The van der Waals surface area contributed by atoms with Crippen molar-refractivity contribution < 1.29 is 9.59 Å². The van der Waals surface area contributed by atoms with Crippen LogP contribution in [-0.2, 0) is 0 Å². The summed E-state index contributed by atoms with van der Waals surface area (Å²) in [6.07, 6.45) is 0.710. The lowest BCUT2D eigenvalue weighted by Crippen LogP contribution is -2.29. The summed E-state index contributed by atoms with van der Waals surface area (Å²) in [7, 11) is 0. The maximum Gasteiger partial charge on any atom is 0.251 e. The van der Waals surface area contributed by atoms with Gasteiger partial charge in [0.15, 0.2) is 0 Å². The van der Waals surface area contributed by atoms with E-state index in [-0.39, 0.29) is 24.4 Å². The molecule has 1 atom stereocenters. The molecule has 0 radical (unpaired) electrons. The Balaban J connectivity index is 0.00000289. The van der Waals surface area contributed by atoms with Gasteiger partial charge in [-0.05, 0) is 31.5 Å². The molecule has 0 aromatic heterocycles. The van der Waals surface area contributed by atoms with Gasteiger partial charge in [-0.1, -0.05) is 6.07 Å². The molecule has 0 fully saturated rings. The molecule has 0 aliphatic rings. The van der Waals surface area contributed by atoms with Crippen LogP contribution in [0.25, 0.3) is 0 Å². The second-order valence-corrected chi connectivity index (χ2v) is 3.97. The zero-order chi connectivity index (χ0) is 12.8. The van der Waals surface area contributed by atoms with Gasteiger partial charge in [0.1, 0.15) is 0 Å². The predicted octanol–water partition coefficient (Wildman–Crippen LogP) is 0.674. The van der Waals surface area contributed by atoms with Crippen LogP contribution in [0.2, 0.25) is 0 Å². The first-order valence-corrected chi connectivity index (χ1v) is 5.44. The molecule has 1 unspecified atom stereocenters. The highest BCUT2D eigenvalue weighted by atomic mass is 35.5. The highest BCUT2D eigenvalue weighted by Gasteiger charge is 2.08. The molecule has 0 bridgehead atoms. The number of hydrogen-bond acceptors (Lipinski definition) is 3. The Morgan fingerprint density at radius 1 is 1.33 bits per heavy atom. The Morgan fingerprint density at radius 3 is 2.50 bits per heavy atom. The van der Waals surface area contributed by atoms with Gasteiger partial charge >= 0.3 is 0 Å². The zero-order valence-corrected chi connectivity index (χ0v) is 11.0. The molecule has 0 spiro atoms. The Kier molecular flexibility index (Phi) is 7.00. The van der Waals surface area contributed by atoms with Gasteiger partial charge in [-0.3, -0.25) is 9.59 Å². The maximum atomic E-state index is 11.7. The number of carbonyl (C=O) groups excluding carboxylic acids is 2. The zero-order valence-electron chi connectivity index (χ0n) is 10.2. The molecule has 0 aliphatic carbocycles. The normalized spacial score (nSPS) is 11.2. The molecular weight excluding hydrogens is 254 g/mol. The van der Waals surface area contributed by atoms with Gasteiger partial charge in [-0.2, -0.15) is 0 Å². The lowest BCUT2D eigenvalue weighted by Gasteiger charge is -2.07. The highest BCUT2D eigenvalue weighted by molar-refractivity contribution is 5.99. The molecule has 0 heterocycles. The van der Waals surface area contributed by atoms with E-state index >= 15 is 0 Å². The van der Waals surface area contributed by atoms with E-state index in [1.165, 1.54) is 6.07 Å². The largest absolute Gasteiger partial charge is 0.366 e. The average Bonchev–Trinajstić information content (AvgIpc) is 2.28. The molecule has 0 saturated heterocycles. The monoisotopic (exact) mass is 271 g/mol. The van der Waals surface area contributed by atoms with Gasteiger partial charge in [-0.15, -0.1) is 12.4 Å². The molecule has 5 nitrogen and oxygen atoms in total. The second kappa shape index (κ2) is 7.68. The van der Waals surface area contributed by atoms with Crippen LogP contribution in [0.15, 0.2) is 24.3 Å². The molecule has 1 rings (SSSR count). The fourth-order valence-corrected chi connectivity index (χ4v) is 1.33. The summed E-state index contributed by atoms with van der Waals surface area (Å²) in [6.45, 7) is 2.39. The molecule has 0 aliphatic heterocycles. The van der Waals surface area contributed by atoms with Crippen LogP contribution >= 0.6 is 12.4 Å². The van der Waals surface area contributed by atoms with Gasteiger partial charge in [0, 0.05) is 23.7 Å². The maximum absolute atomic E-state index is 11.7. The highest BCUT2D eigenvalue weighted by Crippen LogP contribution is 2.04. The van der Waals surface area contributed by atoms with E-state index in [2.05, 4.69) is 5.32 Å². The van der Waals surface area contributed by atoms with E-state index in [1.807, 2.05) is 6.92 Å². The summed E-state index contributed by atoms with van der Waals surface area (Å²) in [5.41, 5.74) is 11.5. The van der Waals surface area contributed by atoms with Crippen molar-refractivity contribution in [1.29, 1.82) is 0 Å². The number of rotatable bonds is 5. The van der Waals surface area contributed by atoms with Crippen LogP contribution in [0.4, 0.5) is 0 Å². The van der Waals surface area contributed by atoms with Crippen LogP contribution < -0.4 is 16.8 Å². The number of primary amides is 1. The van der Waals surface area contributed by atoms with Gasteiger partial charge in [0.05, 0.1) is 0 Å². The molecule has 18 heavy (non-hydrogen) atoms. The molecule has 5 N–H and O–H groups in total. The number of halogens is 1. The molecule has 0 saturated carbocycles. The summed E-state index contributed by atoms with van der Waals surface area (Å²) < 4.78 is 0. The van der Waals surface area contributed by atoms with Gasteiger partial charge < -0.3 is 16.8 Å². The van der Waals surface area contributed by atoms with Crippen molar-refractivity contribution in [2.45, 2.75) is 19.4 Å². The first-order chi connectivity index (χ1) is 8.00. The van der Waals surface area contributed by atoms with E-state index in [0.29, 0.717) is 24.1 Å². The van der Waals surface area contributed by atoms with Crippen molar-refractivity contribution in [2.75, 3.05) is 6.54 Å². The van der Waals surface area contributed by atoms with E-state index in [0.717, 1.165) is 0 Å². The quantitative estimate of drug-likeness (QED) is 0.734. The topological polar surface area (TPSA) is 98.2 Å². The van der Waals surface area contributed by atoms with Crippen LogP contribution in [0.1, 0.15) is 34.1 Å². The van der Waals surface area contributed by atoms with Crippen molar-refractivity contribution in [3.63, 3.8) is 0 Å². The minimum Gasteiger partial charge on any atom is -0.366 e. The van der Waals surface area contributed by atoms with Gasteiger partial charge in [-0.25, -0.2) is 0 Å². The third-order valence-corrected chi connectivity index (χ3v) is 2.29. The summed E-state index contributed by atoms with van der Waals surface area (Å²) in [5, 5.41) is 2.73. The molecule has 2 amide bonds. The standard InChI is InChI=1S/C12H17N3O2.ClH/c1-8(13)5-6-15-12(17)10-4-2-3-9(7-10)11(14)16;/h2-4,7-8H,5-6,13H2,1H3,(H2,14,16)(H,15,17);1H. The Bertz CT molecular complexity index is 422. The number of amides is 2. The lowest BCUT2D eigenvalue weighted by atomic mass is 10.1. The summed E-state index contributed by atoms with van der Waals surface area (Å²) in [6, 6.07) is 6.35. The van der Waals surface area contributed by atoms with Crippen molar-refractivity contribution in [3.05, 3.63) is 35.4 Å². The van der Waals surface area contributed by atoms with E-state index in [9.17, 15) is 9.59 Å². The number of nitrogens with one attached hydrogen (secondary N) is 1. The summed E-state index contributed by atoms with van der Waals surface area (Å²) >= 11 is 0. The molecule has 6 heteroatoms. The van der Waals surface area contributed by atoms with Gasteiger partial charge in [0.25, 0.3) is 5.91 Å². The first-order valence-electron chi connectivity index (χ1n) is 5.44. The SMILES string of the molecule is CC(N)CCNC(=O)c1cccc(C(N)=O)c1.Cl. The summed E-state index contributed by atoms with van der Waals surface area (Å²) in [4.78, 5) is 22.7. The predicted molar refractivity (Wildman–Crippen MR) is 72.8 cm³/mol. The van der Waals surface area contributed by atoms with E-state index < -0.39 is 5.91 Å². The lowest BCUT2D eigenvalue weighted by molar-refractivity contribution is 0.0953. The summed E-state index contributed by atoms with van der Waals surface area (Å²) in [5.74, 6) is -0.774. The number of nitrogens with two attached hydrogens (primary N) is 2. The fourth-order valence-electron chi connectivity index (χ4n) is 1.33.